The number of thiazole rings is 1. The van der Waals surface area contributed by atoms with Gasteiger partial charge in [-0.25, -0.2) is 14.6 Å². The first-order chi connectivity index (χ1) is 12.5. The van der Waals surface area contributed by atoms with Crippen molar-refractivity contribution in [3.05, 3.63) is 47.7 Å². The first-order valence-electron chi connectivity index (χ1n) is 8.00. The molecule has 0 saturated carbocycles. The SMILES string of the molecule is FC(F)(F)c1csc(N2CCN(c3cccc(-n4cccn4)n3)CC2)n1. The Morgan fingerprint density at radius 1 is 0.923 bits per heavy atom. The number of anilines is 2. The van der Waals surface area contributed by atoms with Crippen LogP contribution in [0.5, 0.6) is 0 Å². The van der Waals surface area contributed by atoms with Crippen LogP contribution >= 0.6 is 11.3 Å². The summed E-state index contributed by atoms with van der Waals surface area (Å²) < 4.78 is 39.8. The van der Waals surface area contributed by atoms with Gasteiger partial charge in [0.2, 0.25) is 0 Å². The highest BCUT2D eigenvalue weighted by atomic mass is 32.1. The molecule has 0 amide bonds. The lowest BCUT2D eigenvalue weighted by Gasteiger charge is -2.35. The Bertz CT molecular complexity index is 868. The molecular weight excluding hydrogens is 365 g/mol. The van der Waals surface area contributed by atoms with E-state index in [1.54, 1.807) is 10.9 Å². The second kappa shape index (κ2) is 6.60. The van der Waals surface area contributed by atoms with E-state index in [1.807, 2.05) is 35.4 Å². The normalized spacial score (nSPS) is 15.5. The summed E-state index contributed by atoms with van der Waals surface area (Å²) in [5.74, 6) is 1.55. The highest BCUT2D eigenvalue weighted by molar-refractivity contribution is 7.13. The summed E-state index contributed by atoms with van der Waals surface area (Å²) in [5.41, 5.74) is -0.825. The molecule has 4 heterocycles. The van der Waals surface area contributed by atoms with Gasteiger partial charge >= 0.3 is 6.18 Å². The third-order valence-electron chi connectivity index (χ3n) is 4.12. The lowest BCUT2D eigenvalue weighted by molar-refractivity contribution is -0.140. The maximum absolute atomic E-state index is 12.7. The van der Waals surface area contributed by atoms with Gasteiger partial charge in [-0.2, -0.15) is 18.3 Å². The number of aromatic nitrogens is 4. The van der Waals surface area contributed by atoms with Gasteiger partial charge in [0.05, 0.1) is 0 Å². The largest absolute Gasteiger partial charge is 0.434 e. The van der Waals surface area contributed by atoms with E-state index in [9.17, 15) is 13.2 Å². The minimum absolute atomic E-state index is 0.412. The van der Waals surface area contributed by atoms with Gasteiger partial charge in [0.1, 0.15) is 5.82 Å². The Balaban J connectivity index is 1.44. The van der Waals surface area contributed by atoms with Crippen LogP contribution in [0.4, 0.5) is 24.1 Å². The van der Waals surface area contributed by atoms with E-state index in [0.29, 0.717) is 31.3 Å². The van der Waals surface area contributed by atoms with Crippen LogP contribution in [0.15, 0.2) is 42.0 Å². The van der Waals surface area contributed by atoms with Crippen molar-refractivity contribution >= 4 is 22.3 Å². The number of hydrogen-bond donors (Lipinski definition) is 0. The van der Waals surface area contributed by atoms with Crippen LogP contribution in [0.1, 0.15) is 5.69 Å². The fourth-order valence-corrected chi connectivity index (χ4v) is 3.67. The van der Waals surface area contributed by atoms with Gasteiger partial charge in [-0.05, 0) is 18.2 Å². The van der Waals surface area contributed by atoms with Crippen LogP contribution in [-0.2, 0) is 6.18 Å². The molecule has 0 bridgehead atoms. The predicted molar refractivity (Wildman–Crippen MR) is 92.9 cm³/mol. The molecule has 6 nitrogen and oxygen atoms in total. The number of halogens is 3. The molecule has 0 spiro atoms. The molecule has 136 valence electrons. The van der Waals surface area contributed by atoms with Gasteiger partial charge in [-0.15, -0.1) is 11.3 Å². The van der Waals surface area contributed by atoms with E-state index in [-0.39, 0.29) is 0 Å². The molecule has 0 atom stereocenters. The summed E-state index contributed by atoms with van der Waals surface area (Å²) in [6.45, 7) is 2.52. The van der Waals surface area contributed by atoms with Gasteiger partial charge in [0.15, 0.2) is 16.6 Å². The Morgan fingerprint density at radius 2 is 1.65 bits per heavy atom. The van der Waals surface area contributed by atoms with Gasteiger partial charge in [-0.3, -0.25) is 0 Å². The second-order valence-corrected chi connectivity index (χ2v) is 6.63. The highest BCUT2D eigenvalue weighted by Gasteiger charge is 2.34. The van der Waals surface area contributed by atoms with Crippen molar-refractivity contribution < 1.29 is 13.2 Å². The molecule has 1 aliphatic heterocycles. The number of alkyl halides is 3. The van der Waals surface area contributed by atoms with Crippen molar-refractivity contribution in [1.29, 1.82) is 0 Å². The molecule has 1 saturated heterocycles. The molecule has 0 radical (unpaired) electrons. The number of nitrogens with zero attached hydrogens (tertiary/aromatic N) is 6. The summed E-state index contributed by atoms with van der Waals surface area (Å²) >= 11 is 1.03. The molecule has 0 aromatic carbocycles. The Hall–Kier alpha value is -2.62. The van der Waals surface area contributed by atoms with Gasteiger partial charge in [0.25, 0.3) is 0 Å². The third kappa shape index (κ3) is 3.36. The van der Waals surface area contributed by atoms with Crippen molar-refractivity contribution in [3.63, 3.8) is 0 Å². The van der Waals surface area contributed by atoms with E-state index < -0.39 is 11.9 Å². The van der Waals surface area contributed by atoms with Gasteiger partial charge < -0.3 is 9.80 Å². The minimum Gasteiger partial charge on any atom is -0.353 e. The molecular formula is C16H15F3N6S. The highest BCUT2D eigenvalue weighted by Crippen LogP contribution is 2.33. The fraction of sp³-hybridized carbons (Fsp3) is 0.312. The van der Waals surface area contributed by atoms with Crippen molar-refractivity contribution in [2.24, 2.45) is 0 Å². The zero-order chi connectivity index (χ0) is 18.1. The maximum atomic E-state index is 12.7. The smallest absolute Gasteiger partial charge is 0.353 e. The number of pyridine rings is 1. The molecule has 26 heavy (non-hydrogen) atoms. The summed E-state index contributed by atoms with van der Waals surface area (Å²) in [5, 5.41) is 5.65. The molecule has 1 aliphatic rings. The summed E-state index contributed by atoms with van der Waals surface area (Å²) in [6, 6.07) is 7.55. The monoisotopic (exact) mass is 380 g/mol. The second-order valence-electron chi connectivity index (χ2n) is 5.79. The maximum Gasteiger partial charge on any atom is 0.434 e. The van der Waals surface area contributed by atoms with E-state index in [4.69, 9.17) is 0 Å². The molecule has 0 N–H and O–H groups in total. The van der Waals surface area contributed by atoms with Crippen molar-refractivity contribution in [2.75, 3.05) is 36.0 Å². The molecule has 4 rings (SSSR count). The van der Waals surface area contributed by atoms with Crippen LogP contribution < -0.4 is 9.80 Å². The number of hydrogen-bond acceptors (Lipinski definition) is 6. The molecule has 0 unspecified atom stereocenters. The van der Waals surface area contributed by atoms with Crippen molar-refractivity contribution in [1.82, 2.24) is 19.7 Å². The van der Waals surface area contributed by atoms with Crippen molar-refractivity contribution in [3.8, 4) is 5.82 Å². The zero-order valence-corrected chi connectivity index (χ0v) is 14.4. The third-order valence-corrected chi connectivity index (χ3v) is 5.02. The Kier molecular flexibility index (Phi) is 4.27. The summed E-state index contributed by atoms with van der Waals surface area (Å²) in [4.78, 5) is 12.3. The average molecular weight is 380 g/mol. The first-order valence-corrected chi connectivity index (χ1v) is 8.88. The number of rotatable bonds is 3. The van der Waals surface area contributed by atoms with Crippen LogP contribution in [0.3, 0.4) is 0 Å². The average Bonchev–Trinajstić information content (AvgIpc) is 3.33. The van der Waals surface area contributed by atoms with E-state index in [0.717, 1.165) is 28.4 Å². The number of piperazine rings is 1. The molecule has 1 fully saturated rings. The summed E-state index contributed by atoms with van der Waals surface area (Å²) in [6.07, 6.45) is -0.880. The van der Waals surface area contributed by atoms with Crippen LogP contribution in [-0.4, -0.2) is 45.9 Å². The minimum atomic E-state index is -4.40. The van der Waals surface area contributed by atoms with E-state index in [1.165, 1.54) is 0 Å². The zero-order valence-electron chi connectivity index (χ0n) is 13.6. The topological polar surface area (TPSA) is 50.1 Å². The molecule has 3 aromatic rings. The quantitative estimate of drug-likeness (QED) is 0.699. The van der Waals surface area contributed by atoms with Crippen molar-refractivity contribution in [2.45, 2.75) is 6.18 Å². The van der Waals surface area contributed by atoms with Crippen LogP contribution in [0, 0.1) is 0 Å². The Morgan fingerprint density at radius 3 is 2.31 bits per heavy atom. The Labute approximate surface area is 151 Å². The van der Waals surface area contributed by atoms with E-state index >= 15 is 0 Å². The fourth-order valence-electron chi connectivity index (χ4n) is 2.79. The van der Waals surface area contributed by atoms with Gasteiger partial charge in [-0.1, -0.05) is 6.07 Å². The van der Waals surface area contributed by atoms with Gasteiger partial charge in [0, 0.05) is 44.0 Å². The van der Waals surface area contributed by atoms with Crippen LogP contribution in [0.2, 0.25) is 0 Å². The predicted octanol–water partition coefficient (Wildman–Crippen LogP) is 3.07. The van der Waals surface area contributed by atoms with E-state index in [2.05, 4.69) is 20.0 Å². The lowest BCUT2D eigenvalue weighted by atomic mass is 10.3. The first kappa shape index (κ1) is 16.8. The molecule has 0 aliphatic carbocycles. The van der Waals surface area contributed by atoms with Crippen LogP contribution in [0.25, 0.3) is 5.82 Å². The standard InChI is InChI=1S/C16H15F3N6S/c17-16(18,19)12-11-26-15(21-12)24-9-7-23(8-10-24)13-3-1-4-14(22-13)25-6-2-5-20-25/h1-6,11H,7-10H2. The lowest BCUT2D eigenvalue weighted by Crippen LogP contribution is -2.46. The molecule has 10 heteroatoms. The summed E-state index contributed by atoms with van der Waals surface area (Å²) in [7, 11) is 0. The molecule has 3 aromatic heterocycles.